The third kappa shape index (κ3) is 3.90. The van der Waals surface area contributed by atoms with Gasteiger partial charge in [-0.2, -0.15) is 5.10 Å². The Morgan fingerprint density at radius 2 is 1.83 bits per heavy atom. The Kier molecular flexibility index (Phi) is 5.25. The van der Waals surface area contributed by atoms with E-state index in [1.807, 2.05) is 46.0 Å². The van der Waals surface area contributed by atoms with Crippen LogP contribution in [-0.4, -0.2) is 42.5 Å². The molecule has 9 nitrogen and oxygen atoms in total. The van der Waals surface area contributed by atoms with E-state index in [9.17, 15) is 9.59 Å². The van der Waals surface area contributed by atoms with Gasteiger partial charge in [0.15, 0.2) is 5.82 Å². The second-order valence-electron chi connectivity index (χ2n) is 6.72. The van der Waals surface area contributed by atoms with Crippen molar-refractivity contribution in [2.45, 2.75) is 6.54 Å². The van der Waals surface area contributed by atoms with Crippen LogP contribution in [0.15, 0.2) is 54.6 Å². The molecule has 4 rings (SSSR count). The molecule has 9 heteroatoms. The lowest BCUT2D eigenvalue weighted by atomic mass is 10.1. The molecule has 0 atom stereocenters. The van der Waals surface area contributed by atoms with Crippen LogP contribution in [0.4, 0.5) is 33.5 Å². The maximum Gasteiger partial charge on any atom is 0.337 e. The van der Waals surface area contributed by atoms with Crippen LogP contribution >= 0.6 is 0 Å². The second-order valence-corrected chi connectivity index (χ2v) is 6.72. The zero-order valence-corrected chi connectivity index (χ0v) is 16.7. The van der Waals surface area contributed by atoms with Gasteiger partial charge in [-0.1, -0.05) is 18.2 Å². The number of urea groups is 1. The number of para-hydroxylation sites is 1. The van der Waals surface area contributed by atoms with Crippen molar-refractivity contribution in [3.05, 3.63) is 60.2 Å². The first kappa shape index (κ1) is 19.3. The van der Waals surface area contributed by atoms with Gasteiger partial charge in [-0.15, -0.1) is 0 Å². The zero-order valence-electron chi connectivity index (χ0n) is 16.7. The van der Waals surface area contributed by atoms with Crippen LogP contribution in [-0.2, 0) is 11.3 Å². The highest BCUT2D eigenvalue weighted by atomic mass is 16.5. The molecule has 0 unspecified atom stereocenters. The van der Waals surface area contributed by atoms with E-state index >= 15 is 0 Å². The summed E-state index contributed by atoms with van der Waals surface area (Å²) in [4.78, 5) is 25.9. The lowest BCUT2D eigenvalue weighted by Gasteiger charge is -2.19. The maximum absolute atomic E-state index is 12.2. The van der Waals surface area contributed by atoms with Gasteiger partial charge >= 0.3 is 12.0 Å². The number of aromatic nitrogens is 2. The Morgan fingerprint density at radius 3 is 2.57 bits per heavy atom. The van der Waals surface area contributed by atoms with Gasteiger partial charge < -0.3 is 20.3 Å². The number of fused-ring (bicyclic) bond motifs is 1. The molecule has 2 heterocycles. The van der Waals surface area contributed by atoms with E-state index in [4.69, 9.17) is 4.74 Å². The number of benzene rings is 2. The van der Waals surface area contributed by atoms with Crippen LogP contribution < -0.4 is 20.9 Å². The number of esters is 1. The molecule has 2 amide bonds. The highest BCUT2D eigenvalue weighted by Gasteiger charge is 2.25. The molecular formula is C21H22N6O3. The molecule has 154 valence electrons. The summed E-state index contributed by atoms with van der Waals surface area (Å²) in [5.74, 6) is 0.873. The molecule has 0 aliphatic carbocycles. The lowest BCUT2D eigenvalue weighted by molar-refractivity contribution is 0.0601. The molecule has 3 aromatic rings. The summed E-state index contributed by atoms with van der Waals surface area (Å²) in [6, 6.07) is 16.7. The van der Waals surface area contributed by atoms with Crippen molar-refractivity contribution in [3.63, 3.8) is 0 Å². The molecule has 0 spiro atoms. The number of carbonyl (C=O) groups is 2. The van der Waals surface area contributed by atoms with Crippen molar-refractivity contribution in [1.82, 2.24) is 15.1 Å². The van der Waals surface area contributed by atoms with Crippen LogP contribution in [0.1, 0.15) is 10.4 Å². The quantitative estimate of drug-likeness (QED) is 0.562. The van der Waals surface area contributed by atoms with Crippen LogP contribution in [0, 0.1) is 0 Å². The molecule has 0 bridgehead atoms. The van der Waals surface area contributed by atoms with Crippen LogP contribution in [0.5, 0.6) is 0 Å². The second kappa shape index (κ2) is 8.16. The van der Waals surface area contributed by atoms with Gasteiger partial charge in [0, 0.05) is 36.7 Å². The minimum Gasteiger partial charge on any atom is -0.465 e. The molecule has 3 N–H and O–H groups in total. The van der Waals surface area contributed by atoms with E-state index in [0.717, 1.165) is 22.9 Å². The summed E-state index contributed by atoms with van der Waals surface area (Å²) in [5.41, 5.74) is 2.94. The van der Waals surface area contributed by atoms with E-state index in [2.05, 4.69) is 21.0 Å². The third-order valence-corrected chi connectivity index (χ3v) is 4.75. The first-order valence-electron chi connectivity index (χ1n) is 9.47. The highest BCUT2D eigenvalue weighted by Crippen LogP contribution is 2.35. The molecule has 0 saturated carbocycles. The topological polar surface area (TPSA) is 101 Å². The third-order valence-electron chi connectivity index (χ3n) is 4.75. The molecule has 1 aromatic heterocycles. The Hall–Kier alpha value is -4.01. The fraction of sp³-hybridized carbons (Fsp3) is 0.190. The predicted octanol–water partition coefficient (Wildman–Crippen LogP) is 3.32. The van der Waals surface area contributed by atoms with E-state index in [-0.39, 0.29) is 6.03 Å². The van der Waals surface area contributed by atoms with Gasteiger partial charge in [-0.3, -0.25) is 5.32 Å². The minimum atomic E-state index is -0.414. The zero-order chi connectivity index (χ0) is 21.1. The Bertz CT molecular complexity index is 1080. The molecule has 0 saturated heterocycles. The molecule has 0 radical (unpaired) electrons. The highest BCUT2D eigenvalue weighted by molar-refractivity contribution is 5.93. The van der Waals surface area contributed by atoms with Crippen LogP contribution in [0.25, 0.3) is 0 Å². The lowest BCUT2D eigenvalue weighted by Crippen LogP contribution is -2.24. The number of rotatable bonds is 5. The van der Waals surface area contributed by atoms with E-state index < -0.39 is 5.97 Å². The Balaban J connectivity index is 1.68. The number of anilines is 5. The average molecular weight is 406 g/mol. The first-order valence-corrected chi connectivity index (χ1v) is 9.47. The number of ether oxygens (including phenoxy) is 1. The number of hydrogen-bond acceptors (Lipinski definition) is 6. The van der Waals surface area contributed by atoms with Crippen molar-refractivity contribution >= 4 is 40.7 Å². The average Bonchev–Trinajstić information content (AvgIpc) is 3.33. The fourth-order valence-electron chi connectivity index (χ4n) is 3.36. The summed E-state index contributed by atoms with van der Waals surface area (Å²) in [6.45, 7) is 1.35. The van der Waals surface area contributed by atoms with Gasteiger partial charge in [0.05, 0.1) is 19.2 Å². The maximum atomic E-state index is 12.2. The summed E-state index contributed by atoms with van der Waals surface area (Å²) < 4.78 is 6.75. The number of nitrogens with one attached hydrogen (secondary N) is 3. The van der Waals surface area contributed by atoms with E-state index in [0.29, 0.717) is 24.5 Å². The largest absolute Gasteiger partial charge is 0.465 e. The SMILES string of the molecule is CNC(=O)Nc1cc2n(n1)CCN2c1cc(Nc2ccccc2)cc(C(=O)OC)c1. The summed E-state index contributed by atoms with van der Waals surface area (Å²) >= 11 is 0. The van der Waals surface area contributed by atoms with Gasteiger partial charge in [0.25, 0.3) is 0 Å². The normalized spacial score (nSPS) is 12.3. The van der Waals surface area contributed by atoms with Gasteiger partial charge in [-0.05, 0) is 30.3 Å². The Morgan fingerprint density at radius 1 is 1.03 bits per heavy atom. The van der Waals surface area contributed by atoms with Crippen molar-refractivity contribution < 1.29 is 14.3 Å². The summed E-state index contributed by atoms with van der Waals surface area (Å²) in [5, 5.41) is 12.9. The molecule has 1 aliphatic rings. The predicted molar refractivity (Wildman–Crippen MR) is 115 cm³/mol. The monoisotopic (exact) mass is 406 g/mol. The standard InChI is InChI=1S/C21H22N6O3/c1-22-21(29)24-18-13-19-26(8-9-27(19)25-18)17-11-14(20(28)30-2)10-16(12-17)23-15-6-4-3-5-7-15/h3-7,10-13,23H,8-9H2,1-2H3,(H2,22,24,25,29). The number of nitrogens with zero attached hydrogens (tertiary/aromatic N) is 3. The molecule has 1 aliphatic heterocycles. The van der Waals surface area contributed by atoms with Crippen molar-refractivity contribution in [3.8, 4) is 0 Å². The summed E-state index contributed by atoms with van der Waals surface area (Å²) in [7, 11) is 2.91. The number of methoxy groups -OCH3 is 1. The molecule has 0 fully saturated rings. The first-order chi connectivity index (χ1) is 14.6. The fourth-order valence-corrected chi connectivity index (χ4v) is 3.36. The minimum absolute atomic E-state index is 0.333. The number of amides is 2. The van der Waals surface area contributed by atoms with Crippen molar-refractivity contribution in [1.29, 1.82) is 0 Å². The van der Waals surface area contributed by atoms with Crippen molar-refractivity contribution in [2.24, 2.45) is 0 Å². The number of carbonyl (C=O) groups excluding carboxylic acids is 2. The molecule has 2 aromatic carbocycles. The van der Waals surface area contributed by atoms with Gasteiger partial charge in [0.1, 0.15) is 5.82 Å². The van der Waals surface area contributed by atoms with Crippen LogP contribution in [0.2, 0.25) is 0 Å². The Labute approximate surface area is 173 Å². The number of hydrogen-bond donors (Lipinski definition) is 3. The smallest absolute Gasteiger partial charge is 0.337 e. The molecule has 30 heavy (non-hydrogen) atoms. The summed E-state index contributed by atoms with van der Waals surface area (Å²) in [6.07, 6.45) is 0. The van der Waals surface area contributed by atoms with E-state index in [1.54, 1.807) is 25.2 Å². The van der Waals surface area contributed by atoms with Crippen molar-refractivity contribution in [2.75, 3.05) is 36.2 Å². The van der Waals surface area contributed by atoms with Gasteiger partial charge in [0.2, 0.25) is 0 Å². The van der Waals surface area contributed by atoms with E-state index in [1.165, 1.54) is 7.11 Å². The molecular weight excluding hydrogens is 384 g/mol. The van der Waals surface area contributed by atoms with Crippen LogP contribution in [0.3, 0.4) is 0 Å². The van der Waals surface area contributed by atoms with Gasteiger partial charge in [-0.25, -0.2) is 14.3 Å².